The molecule has 4 N–H and O–H groups in total. The van der Waals surface area contributed by atoms with Crippen LogP contribution in [0.5, 0.6) is 0 Å². The molecule has 0 spiro atoms. The number of hydrogen-bond donors (Lipinski definition) is 3. The number of nitrogens with one attached hydrogen (secondary N) is 1. The van der Waals surface area contributed by atoms with Gasteiger partial charge in [-0.05, 0) is 55.3 Å². The van der Waals surface area contributed by atoms with Gasteiger partial charge in [-0.2, -0.15) is 0 Å². The van der Waals surface area contributed by atoms with Crippen LogP contribution >= 0.6 is 11.3 Å². The lowest BCUT2D eigenvalue weighted by atomic mass is 10.1. The number of benzene rings is 2. The number of aryl methyl sites for hydroxylation is 1. The largest absolute Gasteiger partial charge is 0.393 e. The molecule has 1 aliphatic heterocycles. The smallest absolute Gasteiger partial charge is 0.268 e. The van der Waals surface area contributed by atoms with Crippen molar-refractivity contribution < 1.29 is 19.5 Å². The van der Waals surface area contributed by atoms with Crippen LogP contribution in [0.2, 0.25) is 0 Å². The number of thiophene rings is 1. The molecule has 0 atom stereocenters. The summed E-state index contributed by atoms with van der Waals surface area (Å²) in [5.41, 5.74) is 7.89. The standard InChI is InChI=1S/C28H30N6O4S/c1-32(27(38)18-5-3-2-4-6-18)19-7-8-22-21(17-19)30-28(34(22)16-13-24(29)36)31-26(37)23-9-10-25(39-23)33-14-11-20(35)12-15-33/h2-10,17,20,35H,11-16H2,1H3,(H2,29,36)(H,30,31,37). The lowest BCUT2D eigenvalue weighted by Gasteiger charge is -2.30. The number of primary amides is 1. The van der Waals surface area contributed by atoms with Crippen molar-refractivity contribution in [3.8, 4) is 0 Å². The average molecular weight is 547 g/mol. The Balaban J connectivity index is 1.40. The van der Waals surface area contributed by atoms with E-state index in [1.807, 2.05) is 30.3 Å². The fourth-order valence-electron chi connectivity index (χ4n) is 4.63. The first kappa shape index (κ1) is 26.4. The summed E-state index contributed by atoms with van der Waals surface area (Å²) in [5.74, 6) is -0.640. The van der Waals surface area contributed by atoms with Crippen LogP contribution in [0.4, 0.5) is 16.6 Å². The number of piperidine rings is 1. The van der Waals surface area contributed by atoms with Crippen LogP contribution in [0.15, 0.2) is 60.7 Å². The summed E-state index contributed by atoms with van der Waals surface area (Å²) in [6.45, 7) is 1.73. The molecule has 39 heavy (non-hydrogen) atoms. The Labute approximate surface area is 229 Å². The summed E-state index contributed by atoms with van der Waals surface area (Å²) in [5, 5.41) is 13.6. The molecular weight excluding hydrogens is 516 g/mol. The number of nitrogens with two attached hydrogens (primary N) is 1. The summed E-state index contributed by atoms with van der Waals surface area (Å²) >= 11 is 1.38. The maximum atomic E-state index is 13.2. The number of carbonyl (C=O) groups excluding carboxylic acids is 3. The highest BCUT2D eigenvalue weighted by molar-refractivity contribution is 7.18. The van der Waals surface area contributed by atoms with Crippen molar-refractivity contribution in [1.29, 1.82) is 0 Å². The molecule has 3 heterocycles. The number of imidazole rings is 1. The highest BCUT2D eigenvalue weighted by atomic mass is 32.1. The number of carbonyl (C=O) groups is 3. The van der Waals surface area contributed by atoms with E-state index in [0.29, 0.717) is 46.0 Å². The third-order valence-electron chi connectivity index (χ3n) is 6.84. The molecule has 11 heteroatoms. The van der Waals surface area contributed by atoms with Gasteiger partial charge in [0.2, 0.25) is 11.9 Å². The molecule has 1 fully saturated rings. The zero-order chi connectivity index (χ0) is 27.5. The second kappa shape index (κ2) is 11.3. The zero-order valence-corrected chi connectivity index (χ0v) is 22.4. The highest BCUT2D eigenvalue weighted by Crippen LogP contribution is 2.30. The summed E-state index contributed by atoms with van der Waals surface area (Å²) in [4.78, 5) is 46.6. The lowest BCUT2D eigenvalue weighted by Crippen LogP contribution is -2.35. The van der Waals surface area contributed by atoms with E-state index >= 15 is 0 Å². The van der Waals surface area contributed by atoms with Gasteiger partial charge in [-0.25, -0.2) is 4.98 Å². The normalized spacial score (nSPS) is 13.9. The van der Waals surface area contributed by atoms with Crippen molar-refractivity contribution in [2.75, 3.05) is 35.3 Å². The third kappa shape index (κ3) is 5.79. The maximum Gasteiger partial charge on any atom is 0.268 e. The second-order valence-electron chi connectivity index (χ2n) is 9.52. The van der Waals surface area contributed by atoms with E-state index in [0.717, 1.165) is 18.1 Å². The van der Waals surface area contributed by atoms with E-state index in [-0.39, 0.29) is 30.9 Å². The van der Waals surface area contributed by atoms with Crippen LogP contribution in [-0.2, 0) is 11.3 Å². The Morgan fingerprint density at radius 2 is 1.85 bits per heavy atom. The maximum absolute atomic E-state index is 13.2. The van der Waals surface area contributed by atoms with Crippen LogP contribution < -0.4 is 20.9 Å². The van der Waals surface area contributed by atoms with Crippen LogP contribution in [0, 0.1) is 0 Å². The number of rotatable bonds is 8. The second-order valence-corrected chi connectivity index (χ2v) is 10.6. The summed E-state index contributed by atoms with van der Waals surface area (Å²) in [6.07, 6.45) is 1.22. The van der Waals surface area contributed by atoms with E-state index < -0.39 is 5.91 Å². The van der Waals surface area contributed by atoms with Gasteiger partial charge >= 0.3 is 0 Å². The first-order valence-electron chi connectivity index (χ1n) is 12.8. The first-order valence-corrected chi connectivity index (χ1v) is 13.6. The molecule has 3 amide bonds. The quantitative estimate of drug-likeness (QED) is 0.310. The van der Waals surface area contributed by atoms with Gasteiger partial charge in [-0.15, -0.1) is 11.3 Å². The van der Waals surface area contributed by atoms with Gasteiger partial charge in [0.1, 0.15) is 0 Å². The minimum atomic E-state index is -0.464. The molecule has 1 saturated heterocycles. The predicted octanol–water partition coefficient (Wildman–Crippen LogP) is 3.46. The molecular formula is C28H30N6O4S. The van der Waals surface area contributed by atoms with Gasteiger partial charge in [0.15, 0.2) is 0 Å². The Morgan fingerprint density at radius 3 is 2.56 bits per heavy atom. The number of fused-ring (bicyclic) bond motifs is 1. The van der Waals surface area contributed by atoms with Gasteiger partial charge in [-0.3, -0.25) is 19.7 Å². The summed E-state index contributed by atoms with van der Waals surface area (Å²) in [7, 11) is 1.70. The number of anilines is 3. The minimum absolute atomic E-state index is 0.0758. The first-order chi connectivity index (χ1) is 18.8. The van der Waals surface area contributed by atoms with Gasteiger partial charge in [0, 0.05) is 44.4 Å². The van der Waals surface area contributed by atoms with Gasteiger partial charge < -0.3 is 25.2 Å². The van der Waals surface area contributed by atoms with E-state index in [1.165, 1.54) is 11.3 Å². The highest BCUT2D eigenvalue weighted by Gasteiger charge is 2.22. The molecule has 0 radical (unpaired) electrons. The van der Waals surface area contributed by atoms with Gasteiger partial charge in [0.05, 0.1) is 27.0 Å². The van der Waals surface area contributed by atoms with Crippen LogP contribution in [0.3, 0.4) is 0 Å². The van der Waals surface area contributed by atoms with Gasteiger partial charge in [0.25, 0.3) is 11.8 Å². The molecule has 0 aliphatic carbocycles. The van der Waals surface area contributed by atoms with Crippen LogP contribution in [-0.4, -0.2) is 58.6 Å². The monoisotopic (exact) mass is 546 g/mol. The molecule has 2 aromatic carbocycles. The Bertz CT molecular complexity index is 1510. The number of aliphatic hydroxyl groups excluding tert-OH is 1. The van der Waals surface area contributed by atoms with E-state index in [2.05, 4.69) is 15.2 Å². The number of hydrogen-bond acceptors (Lipinski definition) is 7. The number of amides is 3. The minimum Gasteiger partial charge on any atom is -0.393 e. The third-order valence-corrected chi connectivity index (χ3v) is 7.99. The SMILES string of the molecule is CN(C(=O)c1ccccc1)c1ccc2c(c1)nc(NC(=O)c1ccc(N3CCC(O)CC3)s1)n2CCC(N)=O. The van der Waals surface area contributed by atoms with Crippen LogP contribution in [0.25, 0.3) is 11.0 Å². The summed E-state index contributed by atoms with van der Waals surface area (Å²) < 4.78 is 1.75. The molecule has 1 aliphatic rings. The van der Waals surface area contributed by atoms with Crippen molar-refractivity contribution in [2.24, 2.45) is 5.73 Å². The van der Waals surface area contributed by atoms with Gasteiger partial charge in [-0.1, -0.05) is 18.2 Å². The average Bonchev–Trinajstić information content (AvgIpc) is 3.56. The molecule has 0 bridgehead atoms. The van der Waals surface area contributed by atoms with Crippen molar-refractivity contribution in [3.05, 3.63) is 71.1 Å². The van der Waals surface area contributed by atoms with Crippen molar-refractivity contribution in [2.45, 2.75) is 31.9 Å². The number of aromatic nitrogens is 2. The fraction of sp³-hybridized carbons (Fsp3) is 0.286. The Kier molecular flexibility index (Phi) is 7.62. The topological polar surface area (TPSA) is 134 Å². The Hall–Kier alpha value is -4.22. The number of aliphatic hydroxyl groups is 1. The lowest BCUT2D eigenvalue weighted by molar-refractivity contribution is -0.118. The molecule has 10 nitrogen and oxygen atoms in total. The molecule has 4 aromatic rings. The van der Waals surface area contributed by atoms with Crippen molar-refractivity contribution in [3.63, 3.8) is 0 Å². The van der Waals surface area contributed by atoms with Crippen molar-refractivity contribution >= 4 is 56.7 Å². The van der Waals surface area contributed by atoms with E-state index in [1.54, 1.807) is 46.8 Å². The molecule has 0 unspecified atom stereocenters. The molecule has 202 valence electrons. The molecule has 5 rings (SSSR count). The van der Waals surface area contributed by atoms with E-state index in [4.69, 9.17) is 5.73 Å². The predicted molar refractivity (Wildman–Crippen MR) is 152 cm³/mol. The van der Waals surface area contributed by atoms with Crippen LogP contribution in [0.1, 0.15) is 39.3 Å². The molecule has 2 aromatic heterocycles. The van der Waals surface area contributed by atoms with E-state index in [9.17, 15) is 19.5 Å². The number of nitrogens with zero attached hydrogens (tertiary/aromatic N) is 4. The van der Waals surface area contributed by atoms with Crippen molar-refractivity contribution in [1.82, 2.24) is 9.55 Å². The Morgan fingerprint density at radius 1 is 1.10 bits per heavy atom. The molecule has 0 saturated carbocycles. The summed E-state index contributed by atoms with van der Waals surface area (Å²) in [6, 6.07) is 18.1. The zero-order valence-electron chi connectivity index (χ0n) is 21.5. The fourth-order valence-corrected chi connectivity index (χ4v) is 5.58.